The topological polar surface area (TPSA) is 37.4 Å². The molecule has 1 aromatic carbocycles. The Hall–Kier alpha value is -1.35. The minimum Gasteiger partial charge on any atom is -0.304 e. The van der Waals surface area contributed by atoms with Gasteiger partial charge in [0.25, 0.3) is 11.7 Å². The maximum Gasteiger partial charge on any atom is 0.299 e. The van der Waals surface area contributed by atoms with E-state index < -0.39 is 11.7 Å². The first-order valence-corrected chi connectivity index (χ1v) is 6.58. The number of carbonyl (C=O) groups excluding carboxylic acids is 2. The normalized spacial score (nSPS) is 16.1. The van der Waals surface area contributed by atoms with Gasteiger partial charge in [0.05, 0.1) is 16.3 Å². The summed E-state index contributed by atoms with van der Waals surface area (Å²) in [5.41, 5.74) is 1.01. The molecule has 1 heterocycles. The largest absolute Gasteiger partial charge is 0.304 e. The van der Waals surface area contributed by atoms with Gasteiger partial charge in [-0.05, 0) is 24.5 Å². The Bertz CT molecular complexity index is 499. The molecule has 1 aromatic rings. The molecule has 1 atom stereocenters. The predicted octanol–water partition coefficient (Wildman–Crippen LogP) is 3.31. The Balaban J connectivity index is 2.32. The molecule has 96 valence electrons. The second kappa shape index (κ2) is 5.11. The molecule has 1 unspecified atom stereocenters. The van der Waals surface area contributed by atoms with Gasteiger partial charge in [-0.25, -0.2) is 0 Å². The van der Waals surface area contributed by atoms with Crippen LogP contribution in [0.3, 0.4) is 0 Å². The van der Waals surface area contributed by atoms with E-state index >= 15 is 0 Å². The van der Waals surface area contributed by atoms with Crippen LogP contribution in [-0.2, 0) is 4.79 Å². The summed E-state index contributed by atoms with van der Waals surface area (Å²) >= 11 is 5.99. The van der Waals surface area contributed by atoms with E-state index in [0.29, 0.717) is 28.7 Å². The molecule has 0 N–H and O–H groups in total. The fourth-order valence-electron chi connectivity index (χ4n) is 2.38. The molecule has 1 aliphatic heterocycles. The standard InChI is InChI=1S/C14H16ClNO2/c1-3-5-9(2)8-16-11-7-4-6-10(15)12(11)13(17)14(16)18/h4,6-7,9H,3,5,8H2,1-2H3. The fraction of sp³-hybridized carbons (Fsp3) is 0.429. The molecule has 1 amide bonds. The van der Waals surface area contributed by atoms with Crippen LogP contribution in [0.5, 0.6) is 0 Å². The lowest BCUT2D eigenvalue weighted by atomic mass is 10.1. The second-order valence-corrected chi connectivity index (χ2v) is 5.18. The number of benzene rings is 1. The van der Waals surface area contributed by atoms with Crippen LogP contribution in [0.25, 0.3) is 0 Å². The summed E-state index contributed by atoms with van der Waals surface area (Å²) in [6.07, 6.45) is 2.10. The van der Waals surface area contributed by atoms with E-state index in [1.165, 1.54) is 0 Å². The number of fused-ring (bicyclic) bond motifs is 1. The molecule has 3 nitrogen and oxygen atoms in total. The maximum atomic E-state index is 12.0. The monoisotopic (exact) mass is 265 g/mol. The molecule has 0 spiro atoms. The van der Waals surface area contributed by atoms with E-state index in [-0.39, 0.29) is 0 Å². The Morgan fingerprint density at radius 3 is 2.72 bits per heavy atom. The van der Waals surface area contributed by atoms with Crippen LogP contribution >= 0.6 is 11.6 Å². The lowest BCUT2D eigenvalue weighted by Gasteiger charge is -2.20. The lowest BCUT2D eigenvalue weighted by Crippen LogP contribution is -2.33. The third kappa shape index (κ3) is 2.15. The Kier molecular flexibility index (Phi) is 3.71. The van der Waals surface area contributed by atoms with Gasteiger partial charge in [0, 0.05) is 6.54 Å². The highest BCUT2D eigenvalue weighted by Crippen LogP contribution is 2.34. The van der Waals surface area contributed by atoms with Crippen LogP contribution in [0, 0.1) is 5.92 Å². The van der Waals surface area contributed by atoms with Gasteiger partial charge in [-0.2, -0.15) is 0 Å². The molecule has 2 rings (SSSR count). The molecule has 0 aromatic heterocycles. The van der Waals surface area contributed by atoms with Gasteiger partial charge in [0.15, 0.2) is 0 Å². The minimum absolute atomic E-state index is 0.355. The molecule has 0 saturated carbocycles. The molecular formula is C14H16ClNO2. The van der Waals surface area contributed by atoms with E-state index in [4.69, 9.17) is 11.6 Å². The van der Waals surface area contributed by atoms with E-state index in [1.807, 2.05) is 0 Å². The average Bonchev–Trinajstić information content (AvgIpc) is 2.56. The number of anilines is 1. The van der Waals surface area contributed by atoms with Crippen LogP contribution < -0.4 is 4.90 Å². The number of ketones is 1. The van der Waals surface area contributed by atoms with Crippen molar-refractivity contribution in [1.29, 1.82) is 0 Å². The number of hydrogen-bond donors (Lipinski definition) is 0. The molecule has 0 radical (unpaired) electrons. The highest BCUT2D eigenvalue weighted by molar-refractivity contribution is 6.55. The van der Waals surface area contributed by atoms with E-state index in [9.17, 15) is 9.59 Å². The van der Waals surface area contributed by atoms with Crippen molar-refractivity contribution in [2.24, 2.45) is 5.92 Å². The highest BCUT2D eigenvalue weighted by atomic mass is 35.5. The number of hydrogen-bond acceptors (Lipinski definition) is 2. The molecule has 0 saturated heterocycles. The van der Waals surface area contributed by atoms with Gasteiger partial charge in [-0.3, -0.25) is 9.59 Å². The van der Waals surface area contributed by atoms with Crippen molar-refractivity contribution in [3.63, 3.8) is 0 Å². The van der Waals surface area contributed by atoms with E-state index in [0.717, 1.165) is 12.8 Å². The maximum absolute atomic E-state index is 12.0. The highest BCUT2D eigenvalue weighted by Gasteiger charge is 2.37. The Morgan fingerprint density at radius 2 is 2.06 bits per heavy atom. The molecular weight excluding hydrogens is 250 g/mol. The first-order chi connectivity index (χ1) is 8.56. The summed E-state index contributed by atoms with van der Waals surface area (Å²) in [5.74, 6) is -0.572. The van der Waals surface area contributed by atoms with Crippen molar-refractivity contribution in [2.75, 3.05) is 11.4 Å². The van der Waals surface area contributed by atoms with Crippen molar-refractivity contribution in [2.45, 2.75) is 26.7 Å². The summed E-state index contributed by atoms with van der Waals surface area (Å²) in [4.78, 5) is 25.4. The van der Waals surface area contributed by atoms with Crippen molar-refractivity contribution in [3.05, 3.63) is 28.8 Å². The molecule has 0 fully saturated rings. The molecule has 1 aliphatic rings. The van der Waals surface area contributed by atoms with Crippen molar-refractivity contribution in [3.8, 4) is 0 Å². The first-order valence-electron chi connectivity index (χ1n) is 6.21. The van der Waals surface area contributed by atoms with Crippen LogP contribution in [0.1, 0.15) is 37.0 Å². The summed E-state index contributed by atoms with van der Waals surface area (Å²) in [7, 11) is 0. The van der Waals surface area contributed by atoms with Crippen molar-refractivity contribution in [1.82, 2.24) is 0 Å². The number of halogens is 1. The average molecular weight is 266 g/mol. The van der Waals surface area contributed by atoms with E-state index in [1.54, 1.807) is 23.1 Å². The molecule has 0 bridgehead atoms. The molecule has 18 heavy (non-hydrogen) atoms. The first kappa shape index (κ1) is 13.1. The van der Waals surface area contributed by atoms with Crippen molar-refractivity contribution >= 4 is 29.0 Å². The summed E-state index contributed by atoms with van der Waals surface area (Å²) < 4.78 is 0. The SMILES string of the molecule is CCCC(C)CN1C(=O)C(=O)c2c(Cl)cccc21. The number of Topliss-reactive ketones (excluding diaryl/α,β-unsaturated/α-hetero) is 1. The minimum atomic E-state index is -0.487. The predicted molar refractivity (Wildman–Crippen MR) is 72.2 cm³/mol. The summed E-state index contributed by atoms with van der Waals surface area (Å²) in [5, 5.41) is 0.358. The third-order valence-corrected chi connectivity index (χ3v) is 3.54. The zero-order chi connectivity index (χ0) is 13.3. The fourth-order valence-corrected chi connectivity index (χ4v) is 2.63. The van der Waals surface area contributed by atoms with Gasteiger partial charge in [-0.1, -0.05) is 37.9 Å². The summed E-state index contributed by atoms with van der Waals surface area (Å²) in [6, 6.07) is 5.19. The number of rotatable bonds is 4. The quantitative estimate of drug-likeness (QED) is 0.784. The van der Waals surface area contributed by atoms with Crippen LogP contribution in [0.15, 0.2) is 18.2 Å². The number of amides is 1. The Labute approximate surface area is 112 Å². The Morgan fingerprint density at radius 1 is 1.33 bits per heavy atom. The third-order valence-electron chi connectivity index (χ3n) is 3.22. The molecule has 0 aliphatic carbocycles. The van der Waals surface area contributed by atoms with Gasteiger partial charge in [-0.15, -0.1) is 0 Å². The zero-order valence-corrected chi connectivity index (χ0v) is 11.3. The van der Waals surface area contributed by atoms with Gasteiger partial charge < -0.3 is 4.90 Å². The van der Waals surface area contributed by atoms with E-state index in [2.05, 4.69) is 13.8 Å². The van der Waals surface area contributed by atoms with Crippen LogP contribution in [-0.4, -0.2) is 18.2 Å². The molecule has 4 heteroatoms. The lowest BCUT2D eigenvalue weighted by molar-refractivity contribution is -0.114. The van der Waals surface area contributed by atoms with Crippen molar-refractivity contribution < 1.29 is 9.59 Å². The zero-order valence-electron chi connectivity index (χ0n) is 10.6. The number of carbonyl (C=O) groups is 2. The smallest absolute Gasteiger partial charge is 0.299 e. The van der Waals surface area contributed by atoms with Gasteiger partial charge >= 0.3 is 0 Å². The van der Waals surface area contributed by atoms with Gasteiger partial charge in [0.2, 0.25) is 0 Å². The summed E-state index contributed by atoms with van der Waals surface area (Å²) in [6.45, 7) is 4.77. The van der Waals surface area contributed by atoms with Crippen LogP contribution in [0.4, 0.5) is 5.69 Å². The number of nitrogens with zero attached hydrogens (tertiary/aromatic N) is 1. The van der Waals surface area contributed by atoms with Gasteiger partial charge in [0.1, 0.15) is 0 Å². The second-order valence-electron chi connectivity index (χ2n) is 4.77. The van der Waals surface area contributed by atoms with Crippen LogP contribution in [0.2, 0.25) is 5.02 Å².